The van der Waals surface area contributed by atoms with E-state index in [1.165, 1.54) is 16.0 Å². The van der Waals surface area contributed by atoms with Gasteiger partial charge in [-0.05, 0) is 68.3 Å². The van der Waals surface area contributed by atoms with Gasteiger partial charge in [0.2, 0.25) is 5.91 Å². The first-order chi connectivity index (χ1) is 15.8. The number of rotatable bonds is 8. The molecule has 1 aromatic heterocycles. The number of carbonyl (C=O) groups is 1. The summed E-state index contributed by atoms with van der Waals surface area (Å²) in [5.74, 6) is 0.763. The van der Waals surface area contributed by atoms with Crippen LogP contribution in [0.15, 0.2) is 75.1 Å². The van der Waals surface area contributed by atoms with Gasteiger partial charge in [-0.15, -0.1) is 0 Å². The van der Waals surface area contributed by atoms with Crippen molar-refractivity contribution in [2.24, 2.45) is 0 Å². The molecule has 0 spiro atoms. The molecule has 174 valence electrons. The summed E-state index contributed by atoms with van der Waals surface area (Å²) in [5.41, 5.74) is 3.19. The van der Waals surface area contributed by atoms with E-state index in [-0.39, 0.29) is 30.0 Å². The van der Waals surface area contributed by atoms with E-state index in [2.05, 4.69) is 37.4 Å². The largest absolute Gasteiger partial charge is 0.468 e. The molecule has 1 amide bonds. The fraction of sp³-hybridized carbons (Fsp3) is 0.320. The van der Waals surface area contributed by atoms with Crippen LogP contribution >= 0.6 is 11.8 Å². The zero-order valence-corrected chi connectivity index (χ0v) is 20.4. The van der Waals surface area contributed by atoms with Crippen LogP contribution in [0.5, 0.6) is 0 Å². The molecule has 1 fully saturated rings. The molecule has 0 aliphatic carbocycles. The third kappa shape index (κ3) is 6.50. The lowest BCUT2D eigenvalue weighted by molar-refractivity contribution is -0.118. The summed E-state index contributed by atoms with van der Waals surface area (Å²) in [6.45, 7) is 4.68. The highest BCUT2D eigenvalue weighted by Crippen LogP contribution is 2.31. The molecule has 0 saturated carbocycles. The maximum Gasteiger partial charge on any atom is 0.238 e. The van der Waals surface area contributed by atoms with E-state index in [0.29, 0.717) is 24.4 Å². The summed E-state index contributed by atoms with van der Waals surface area (Å²) < 4.78 is 29.4. The van der Waals surface area contributed by atoms with Gasteiger partial charge < -0.3 is 9.73 Å². The van der Waals surface area contributed by atoms with Crippen LogP contribution < -0.4 is 5.32 Å². The molecule has 1 aliphatic rings. The molecule has 1 N–H and O–H groups in total. The predicted octanol–water partition coefficient (Wildman–Crippen LogP) is 4.68. The van der Waals surface area contributed by atoms with Crippen LogP contribution in [-0.2, 0) is 21.2 Å². The molecule has 2 heterocycles. The molecule has 33 heavy (non-hydrogen) atoms. The fourth-order valence-electron chi connectivity index (χ4n) is 4.01. The van der Waals surface area contributed by atoms with Crippen LogP contribution in [-0.4, -0.2) is 43.3 Å². The second kappa shape index (κ2) is 10.2. The Morgan fingerprint density at radius 3 is 2.58 bits per heavy atom. The van der Waals surface area contributed by atoms with Crippen LogP contribution in [0.1, 0.15) is 23.3 Å². The quantitative estimate of drug-likeness (QED) is 0.500. The molecule has 6 nitrogen and oxygen atoms in total. The van der Waals surface area contributed by atoms with Gasteiger partial charge in [0.05, 0.1) is 30.9 Å². The number of sulfone groups is 1. The number of carbonyl (C=O) groups excluding carboxylic acids is 1. The van der Waals surface area contributed by atoms with Gasteiger partial charge in [0.1, 0.15) is 5.76 Å². The number of furan rings is 1. The Hall–Kier alpha value is -2.55. The molecule has 0 bridgehead atoms. The van der Waals surface area contributed by atoms with Crippen molar-refractivity contribution in [3.63, 3.8) is 0 Å². The Morgan fingerprint density at radius 2 is 1.94 bits per heavy atom. The monoisotopic (exact) mass is 484 g/mol. The lowest BCUT2D eigenvalue weighted by Gasteiger charge is -2.26. The van der Waals surface area contributed by atoms with Crippen molar-refractivity contribution in [1.29, 1.82) is 0 Å². The molecule has 2 aromatic carbocycles. The van der Waals surface area contributed by atoms with Gasteiger partial charge >= 0.3 is 0 Å². The molecule has 1 aliphatic heterocycles. The highest BCUT2D eigenvalue weighted by atomic mass is 32.2. The third-order valence-corrected chi connectivity index (χ3v) is 8.64. The number of nitrogens with one attached hydrogen (secondary N) is 1. The van der Waals surface area contributed by atoms with E-state index in [9.17, 15) is 13.2 Å². The third-order valence-electron chi connectivity index (χ3n) is 5.71. The van der Waals surface area contributed by atoms with Gasteiger partial charge in [0.15, 0.2) is 9.84 Å². The first-order valence-corrected chi connectivity index (χ1v) is 13.5. The van der Waals surface area contributed by atoms with Crippen LogP contribution in [0.4, 0.5) is 5.69 Å². The molecule has 1 atom stereocenters. The van der Waals surface area contributed by atoms with Crippen molar-refractivity contribution >= 4 is 33.2 Å². The van der Waals surface area contributed by atoms with E-state index in [1.807, 2.05) is 35.2 Å². The first-order valence-electron chi connectivity index (χ1n) is 10.9. The summed E-state index contributed by atoms with van der Waals surface area (Å²) in [6.07, 6.45) is 2.11. The average molecular weight is 485 g/mol. The topological polar surface area (TPSA) is 79.6 Å². The normalized spacial score (nSPS) is 17.4. The summed E-state index contributed by atoms with van der Waals surface area (Å²) in [4.78, 5) is 17.0. The number of amides is 1. The Bertz CT molecular complexity index is 1210. The van der Waals surface area contributed by atoms with Gasteiger partial charge in [0, 0.05) is 21.5 Å². The SMILES string of the molecule is Cc1ccc(Sc2ccc(NC(=O)CN(Cc3ccco3)C3CCS(=O)(=O)C3)cc2)c(C)c1. The zero-order chi connectivity index (χ0) is 23.4. The highest BCUT2D eigenvalue weighted by Gasteiger charge is 2.33. The minimum absolute atomic E-state index is 0.0747. The predicted molar refractivity (Wildman–Crippen MR) is 131 cm³/mol. The summed E-state index contributed by atoms with van der Waals surface area (Å²) in [7, 11) is -3.06. The van der Waals surface area contributed by atoms with Crippen molar-refractivity contribution in [3.05, 3.63) is 77.7 Å². The Kier molecular flexibility index (Phi) is 7.26. The van der Waals surface area contributed by atoms with E-state index < -0.39 is 9.84 Å². The van der Waals surface area contributed by atoms with Crippen LogP contribution in [0.3, 0.4) is 0 Å². The first kappa shape index (κ1) is 23.6. The molecule has 1 unspecified atom stereocenters. The molecule has 1 saturated heterocycles. The number of hydrogen-bond acceptors (Lipinski definition) is 6. The van der Waals surface area contributed by atoms with Crippen molar-refractivity contribution in [3.8, 4) is 0 Å². The van der Waals surface area contributed by atoms with E-state index in [4.69, 9.17) is 4.42 Å². The second-order valence-corrected chi connectivity index (χ2v) is 11.8. The second-order valence-electron chi connectivity index (χ2n) is 8.48. The Morgan fingerprint density at radius 1 is 1.15 bits per heavy atom. The van der Waals surface area contributed by atoms with Gasteiger partial charge in [-0.2, -0.15) is 0 Å². The number of aryl methyl sites for hydroxylation is 2. The maximum absolute atomic E-state index is 12.8. The maximum atomic E-state index is 12.8. The molecular weight excluding hydrogens is 456 g/mol. The van der Waals surface area contributed by atoms with Crippen LogP contribution in [0.25, 0.3) is 0 Å². The minimum atomic E-state index is -3.06. The lowest BCUT2D eigenvalue weighted by atomic mass is 10.2. The van der Waals surface area contributed by atoms with Crippen LogP contribution in [0.2, 0.25) is 0 Å². The number of hydrogen-bond donors (Lipinski definition) is 1. The van der Waals surface area contributed by atoms with E-state index >= 15 is 0 Å². The summed E-state index contributed by atoms with van der Waals surface area (Å²) >= 11 is 1.69. The Labute approximate surface area is 199 Å². The van der Waals surface area contributed by atoms with Gasteiger partial charge in [0.25, 0.3) is 0 Å². The standard InChI is InChI=1S/C25H28N2O4S2/c1-18-5-10-24(19(2)14-18)32-23-8-6-20(7-9-23)26-25(28)16-27(15-22-4-3-12-31-22)21-11-13-33(29,30)17-21/h3-10,12,14,21H,11,13,15-17H2,1-2H3,(H,26,28). The smallest absolute Gasteiger partial charge is 0.238 e. The van der Waals surface area contributed by atoms with Crippen molar-refractivity contribution < 1.29 is 17.6 Å². The molecule has 8 heteroatoms. The van der Waals surface area contributed by atoms with Crippen molar-refractivity contribution in [2.45, 2.75) is 42.6 Å². The highest BCUT2D eigenvalue weighted by molar-refractivity contribution is 7.99. The summed E-state index contributed by atoms with van der Waals surface area (Å²) in [6, 6.07) is 17.6. The molecule has 4 rings (SSSR count). The lowest BCUT2D eigenvalue weighted by Crippen LogP contribution is -2.41. The van der Waals surface area contributed by atoms with Gasteiger partial charge in [-0.3, -0.25) is 9.69 Å². The fourth-order valence-corrected chi connectivity index (χ4v) is 6.66. The van der Waals surface area contributed by atoms with Gasteiger partial charge in [-0.25, -0.2) is 8.42 Å². The van der Waals surface area contributed by atoms with Crippen molar-refractivity contribution in [1.82, 2.24) is 4.90 Å². The summed E-state index contributed by atoms with van der Waals surface area (Å²) in [5, 5.41) is 2.94. The minimum Gasteiger partial charge on any atom is -0.468 e. The molecule has 0 radical (unpaired) electrons. The number of anilines is 1. The molecule has 3 aromatic rings. The molecular formula is C25H28N2O4S2. The number of nitrogens with zero attached hydrogens (tertiary/aromatic N) is 1. The number of benzene rings is 2. The van der Waals surface area contributed by atoms with E-state index in [1.54, 1.807) is 24.1 Å². The average Bonchev–Trinajstić information content (AvgIpc) is 3.40. The van der Waals surface area contributed by atoms with Gasteiger partial charge in [-0.1, -0.05) is 29.5 Å². The van der Waals surface area contributed by atoms with E-state index in [0.717, 1.165) is 4.90 Å². The zero-order valence-electron chi connectivity index (χ0n) is 18.8. The Balaban J connectivity index is 1.38. The van der Waals surface area contributed by atoms with Crippen molar-refractivity contribution in [2.75, 3.05) is 23.4 Å². The van der Waals surface area contributed by atoms with Crippen LogP contribution in [0, 0.1) is 13.8 Å².